The molecule has 4 N–H and O–H groups in total. The van der Waals surface area contributed by atoms with E-state index in [-0.39, 0.29) is 18.6 Å². The van der Waals surface area contributed by atoms with E-state index in [1.165, 1.54) is 13.2 Å². The average Bonchev–Trinajstić information content (AvgIpc) is 2.31. The number of hydrogen-bond donors (Lipinski definition) is 3. The number of halogens is 1. The lowest BCUT2D eigenvalue weighted by atomic mass is 9.99. The van der Waals surface area contributed by atoms with Gasteiger partial charge in [0.1, 0.15) is 11.5 Å². The predicted octanol–water partition coefficient (Wildman–Crippen LogP) is 2.23. The highest BCUT2D eigenvalue weighted by Gasteiger charge is 2.19. The van der Waals surface area contributed by atoms with Gasteiger partial charge in [0.15, 0.2) is 0 Å². The third-order valence-corrected chi connectivity index (χ3v) is 3.02. The molecule has 0 amide bonds. The van der Waals surface area contributed by atoms with E-state index in [4.69, 9.17) is 27.2 Å². The largest absolute Gasteiger partial charge is 0.507 e. The van der Waals surface area contributed by atoms with Crippen molar-refractivity contribution in [2.24, 2.45) is 5.73 Å². The van der Waals surface area contributed by atoms with Gasteiger partial charge in [0.25, 0.3) is 0 Å². The number of ether oxygens (including phenoxy) is 1. The second kappa shape index (κ2) is 5.93. The highest BCUT2D eigenvalue weighted by Crippen LogP contribution is 2.39. The summed E-state index contributed by atoms with van der Waals surface area (Å²) < 4.78 is 5.06. The molecule has 1 atom stereocenters. The lowest BCUT2D eigenvalue weighted by Crippen LogP contribution is -2.13. The van der Waals surface area contributed by atoms with Gasteiger partial charge >= 0.3 is 5.97 Å². The van der Waals surface area contributed by atoms with E-state index >= 15 is 0 Å². The predicted molar refractivity (Wildman–Crippen MR) is 68.2 cm³/mol. The number of aliphatic carboxylic acids is 1. The Labute approximate surface area is 110 Å². The number of phenols is 1. The van der Waals surface area contributed by atoms with Gasteiger partial charge in [-0.15, -0.1) is 0 Å². The third kappa shape index (κ3) is 3.05. The number of methoxy groups -OCH3 is 1. The Bertz CT molecular complexity index is 462. The van der Waals surface area contributed by atoms with Crippen LogP contribution in [0.4, 0.5) is 0 Å². The molecular formula is C12H16ClNO4. The molecule has 0 radical (unpaired) electrons. The van der Waals surface area contributed by atoms with Crippen molar-refractivity contribution in [3.05, 3.63) is 22.2 Å². The number of phenolic OH excluding ortho intramolecular Hbond substituents is 1. The molecule has 0 aliphatic heterocycles. The molecule has 0 aliphatic carbocycles. The Balaban J connectivity index is 3.06. The van der Waals surface area contributed by atoms with Gasteiger partial charge in [0, 0.05) is 23.6 Å². The van der Waals surface area contributed by atoms with Crippen LogP contribution in [0, 0.1) is 6.92 Å². The van der Waals surface area contributed by atoms with E-state index in [1.54, 1.807) is 6.92 Å². The molecule has 1 unspecified atom stereocenters. The number of carboxylic acid groups (broad SMARTS) is 1. The third-order valence-electron chi connectivity index (χ3n) is 2.74. The van der Waals surface area contributed by atoms with Gasteiger partial charge in [-0.3, -0.25) is 4.79 Å². The average molecular weight is 274 g/mol. The highest BCUT2D eigenvalue weighted by atomic mass is 35.5. The normalized spacial score (nSPS) is 12.2. The first-order valence-corrected chi connectivity index (χ1v) is 5.79. The second-order valence-corrected chi connectivity index (χ2v) is 4.40. The Morgan fingerprint density at radius 1 is 1.61 bits per heavy atom. The van der Waals surface area contributed by atoms with Gasteiger partial charge in [-0.05, 0) is 19.4 Å². The minimum atomic E-state index is -0.929. The zero-order chi connectivity index (χ0) is 13.9. The fourth-order valence-corrected chi connectivity index (χ4v) is 2.08. The summed E-state index contributed by atoms with van der Waals surface area (Å²) in [4.78, 5) is 10.5. The molecule has 0 fully saturated rings. The molecule has 100 valence electrons. The summed E-state index contributed by atoms with van der Waals surface area (Å²) >= 11 is 6.01. The van der Waals surface area contributed by atoms with Crippen LogP contribution in [0.3, 0.4) is 0 Å². The lowest BCUT2D eigenvalue weighted by Gasteiger charge is -2.17. The standard InChI is InChI=1S/C12H16ClNO4/c1-6-11(17)7(5-8(13)12(6)18-2)9(14)3-4-10(15)16/h5,9,17H,3-4,14H2,1-2H3,(H,15,16). The van der Waals surface area contributed by atoms with Gasteiger partial charge in [-0.1, -0.05) is 11.6 Å². The van der Waals surface area contributed by atoms with Crippen LogP contribution in [0.15, 0.2) is 6.07 Å². The first-order valence-electron chi connectivity index (χ1n) is 5.41. The number of aromatic hydroxyl groups is 1. The van der Waals surface area contributed by atoms with E-state index in [9.17, 15) is 9.90 Å². The van der Waals surface area contributed by atoms with Gasteiger partial charge in [-0.2, -0.15) is 0 Å². The summed E-state index contributed by atoms with van der Waals surface area (Å²) in [5, 5.41) is 19.0. The van der Waals surface area contributed by atoms with Crippen molar-refractivity contribution in [3.63, 3.8) is 0 Å². The Hall–Kier alpha value is -1.46. The maximum atomic E-state index is 10.5. The van der Waals surface area contributed by atoms with Crippen molar-refractivity contribution < 1.29 is 19.7 Å². The Kier molecular flexibility index (Phi) is 4.81. The molecule has 1 aromatic rings. The highest BCUT2D eigenvalue weighted by molar-refractivity contribution is 6.32. The van der Waals surface area contributed by atoms with Gasteiger partial charge < -0.3 is 20.7 Å². The van der Waals surface area contributed by atoms with Crippen molar-refractivity contribution in [1.29, 1.82) is 0 Å². The number of nitrogens with two attached hydrogens (primary N) is 1. The van der Waals surface area contributed by atoms with E-state index in [2.05, 4.69) is 0 Å². The van der Waals surface area contributed by atoms with Crippen LogP contribution in [0.5, 0.6) is 11.5 Å². The van der Waals surface area contributed by atoms with E-state index in [1.807, 2.05) is 0 Å². The molecule has 0 aliphatic rings. The molecule has 0 saturated heterocycles. The fourth-order valence-electron chi connectivity index (χ4n) is 1.74. The number of rotatable bonds is 5. The summed E-state index contributed by atoms with van der Waals surface area (Å²) in [6.45, 7) is 1.66. The van der Waals surface area contributed by atoms with E-state index in [0.29, 0.717) is 21.9 Å². The molecule has 1 aromatic carbocycles. The monoisotopic (exact) mass is 273 g/mol. The van der Waals surface area contributed by atoms with Crippen molar-refractivity contribution in [3.8, 4) is 11.5 Å². The maximum Gasteiger partial charge on any atom is 0.303 e. The van der Waals surface area contributed by atoms with E-state index in [0.717, 1.165) is 0 Å². The van der Waals surface area contributed by atoms with Crippen molar-refractivity contribution in [2.75, 3.05) is 7.11 Å². The molecule has 0 saturated carbocycles. The second-order valence-electron chi connectivity index (χ2n) is 3.99. The van der Waals surface area contributed by atoms with Crippen molar-refractivity contribution in [2.45, 2.75) is 25.8 Å². The quantitative estimate of drug-likeness (QED) is 0.765. The summed E-state index contributed by atoms with van der Waals surface area (Å²) in [6, 6.07) is 0.929. The molecule has 0 bridgehead atoms. The molecule has 6 heteroatoms. The smallest absolute Gasteiger partial charge is 0.303 e. The van der Waals surface area contributed by atoms with Crippen LogP contribution in [0.1, 0.15) is 30.0 Å². The Morgan fingerprint density at radius 2 is 2.22 bits per heavy atom. The SMILES string of the molecule is COc1c(Cl)cc(C(N)CCC(=O)O)c(O)c1C. The van der Waals surface area contributed by atoms with Crippen LogP contribution in [0.25, 0.3) is 0 Å². The number of carboxylic acids is 1. The maximum absolute atomic E-state index is 10.5. The van der Waals surface area contributed by atoms with Crippen LogP contribution in [-0.2, 0) is 4.79 Å². The van der Waals surface area contributed by atoms with E-state index < -0.39 is 12.0 Å². The molecule has 18 heavy (non-hydrogen) atoms. The van der Waals surface area contributed by atoms with Crippen LogP contribution < -0.4 is 10.5 Å². The zero-order valence-electron chi connectivity index (χ0n) is 10.2. The van der Waals surface area contributed by atoms with Crippen LogP contribution in [-0.4, -0.2) is 23.3 Å². The summed E-state index contributed by atoms with van der Waals surface area (Å²) in [5.41, 5.74) is 6.77. The summed E-state index contributed by atoms with van der Waals surface area (Å²) in [7, 11) is 1.46. The van der Waals surface area contributed by atoms with Crippen molar-refractivity contribution in [1.82, 2.24) is 0 Å². The number of carbonyl (C=O) groups is 1. The van der Waals surface area contributed by atoms with Crippen LogP contribution >= 0.6 is 11.6 Å². The van der Waals surface area contributed by atoms with Gasteiger partial charge in [-0.25, -0.2) is 0 Å². The molecule has 0 aromatic heterocycles. The first-order chi connectivity index (χ1) is 8.38. The minimum Gasteiger partial charge on any atom is -0.507 e. The topological polar surface area (TPSA) is 92.8 Å². The number of hydrogen-bond acceptors (Lipinski definition) is 4. The Morgan fingerprint density at radius 3 is 2.72 bits per heavy atom. The molecule has 1 rings (SSSR count). The minimum absolute atomic E-state index is 0.00543. The number of benzene rings is 1. The van der Waals surface area contributed by atoms with Gasteiger partial charge in [0.2, 0.25) is 0 Å². The molecule has 5 nitrogen and oxygen atoms in total. The first kappa shape index (κ1) is 14.6. The van der Waals surface area contributed by atoms with Gasteiger partial charge in [0.05, 0.1) is 12.1 Å². The molecule has 0 heterocycles. The lowest BCUT2D eigenvalue weighted by molar-refractivity contribution is -0.137. The van der Waals surface area contributed by atoms with Crippen LogP contribution in [0.2, 0.25) is 5.02 Å². The zero-order valence-corrected chi connectivity index (χ0v) is 11.0. The molecule has 0 spiro atoms. The van der Waals surface area contributed by atoms with Crippen molar-refractivity contribution >= 4 is 17.6 Å². The summed E-state index contributed by atoms with van der Waals surface area (Å²) in [6.07, 6.45) is 0.161. The summed E-state index contributed by atoms with van der Waals surface area (Å²) in [5.74, 6) is -0.543. The fraction of sp³-hybridized carbons (Fsp3) is 0.417. The molecular weight excluding hydrogens is 258 g/mol.